The first kappa shape index (κ1) is 11.4. The molecule has 0 amide bonds. The van der Waals surface area contributed by atoms with Crippen molar-refractivity contribution in [1.82, 2.24) is 0 Å². The van der Waals surface area contributed by atoms with E-state index in [-0.39, 0.29) is 18.0 Å². The number of aliphatic hydroxyl groups excluding tert-OH is 1. The van der Waals surface area contributed by atoms with Gasteiger partial charge in [-0.2, -0.15) is 0 Å². The van der Waals surface area contributed by atoms with Crippen LogP contribution in [0.5, 0.6) is 0 Å². The molecule has 0 radical (unpaired) electrons. The smallest absolute Gasteiger partial charge is 0.305 e. The Hall–Kier alpha value is -0.570. The normalized spacial score (nSPS) is 14.1. The highest BCUT2D eigenvalue weighted by atomic mass is 16.5. The molecule has 0 heterocycles. The lowest BCUT2D eigenvalue weighted by Gasteiger charge is -2.26. The average Bonchev–Trinajstić information content (AvgIpc) is 2.00. The summed E-state index contributed by atoms with van der Waals surface area (Å²) in [5.74, 6) is -0.219. The van der Waals surface area contributed by atoms with Gasteiger partial charge in [0, 0.05) is 11.8 Å². The topological polar surface area (TPSA) is 46.5 Å². The van der Waals surface area contributed by atoms with Crippen molar-refractivity contribution in [3.05, 3.63) is 0 Å². The Bertz CT molecular complexity index is 150. The Morgan fingerprint density at radius 2 is 2.08 bits per heavy atom. The molecule has 12 heavy (non-hydrogen) atoms. The number of hydrogen-bond donors (Lipinski definition) is 1. The van der Waals surface area contributed by atoms with Crippen LogP contribution in [0.2, 0.25) is 0 Å². The van der Waals surface area contributed by atoms with Crippen molar-refractivity contribution in [3.8, 4) is 0 Å². The second kappa shape index (κ2) is 4.45. The first-order chi connectivity index (χ1) is 5.40. The molecule has 72 valence electrons. The molecule has 3 nitrogen and oxygen atoms in total. The summed E-state index contributed by atoms with van der Waals surface area (Å²) in [5, 5.41) is 9.27. The Morgan fingerprint density at radius 3 is 2.42 bits per heavy atom. The van der Waals surface area contributed by atoms with E-state index in [4.69, 9.17) is 4.74 Å². The van der Waals surface area contributed by atoms with Gasteiger partial charge in [-0.25, -0.2) is 0 Å². The minimum absolute atomic E-state index is 0.219. The molecule has 0 aliphatic heterocycles. The summed E-state index contributed by atoms with van der Waals surface area (Å²) in [4.78, 5) is 10.8. The maximum Gasteiger partial charge on any atom is 0.305 e. The van der Waals surface area contributed by atoms with E-state index in [0.29, 0.717) is 6.42 Å². The maximum absolute atomic E-state index is 10.8. The minimum atomic E-state index is -0.470. The molecule has 0 aromatic carbocycles. The lowest BCUT2D eigenvalue weighted by atomic mass is 9.89. The minimum Gasteiger partial charge on any atom is -0.465 e. The Morgan fingerprint density at radius 1 is 1.58 bits per heavy atom. The molecule has 1 N–H and O–H groups in total. The molecular formula is C9H18O3. The van der Waals surface area contributed by atoms with Crippen LogP contribution in [0.1, 0.15) is 34.1 Å². The van der Waals surface area contributed by atoms with Gasteiger partial charge in [-0.15, -0.1) is 0 Å². The molecule has 0 aliphatic carbocycles. The van der Waals surface area contributed by atoms with Gasteiger partial charge in [-0.1, -0.05) is 20.8 Å². The van der Waals surface area contributed by atoms with E-state index in [9.17, 15) is 9.90 Å². The van der Waals surface area contributed by atoms with Crippen LogP contribution in [-0.2, 0) is 9.53 Å². The fourth-order valence-corrected chi connectivity index (χ4v) is 0.489. The summed E-state index contributed by atoms with van der Waals surface area (Å²) in [6.45, 7) is 7.44. The van der Waals surface area contributed by atoms with Crippen LogP contribution in [0.4, 0.5) is 0 Å². The number of hydrogen-bond acceptors (Lipinski definition) is 3. The van der Waals surface area contributed by atoms with Crippen molar-refractivity contribution in [2.24, 2.45) is 5.41 Å². The van der Waals surface area contributed by atoms with Gasteiger partial charge >= 0.3 is 5.97 Å². The molecule has 3 heteroatoms. The summed E-state index contributed by atoms with van der Waals surface area (Å²) in [5.41, 5.74) is -0.356. The molecule has 0 aromatic heterocycles. The van der Waals surface area contributed by atoms with Crippen LogP contribution in [0.25, 0.3) is 0 Å². The van der Waals surface area contributed by atoms with Gasteiger partial charge in [0.1, 0.15) is 0 Å². The van der Waals surface area contributed by atoms with Gasteiger partial charge in [-0.05, 0) is 6.92 Å². The molecular weight excluding hydrogens is 156 g/mol. The molecule has 1 atom stereocenters. The quantitative estimate of drug-likeness (QED) is 0.654. The Kier molecular flexibility index (Phi) is 4.24. The summed E-state index contributed by atoms with van der Waals surface area (Å²) in [6, 6.07) is 0. The van der Waals surface area contributed by atoms with Gasteiger partial charge in [0.05, 0.1) is 12.7 Å². The van der Waals surface area contributed by atoms with E-state index in [2.05, 4.69) is 0 Å². The molecule has 0 aliphatic rings. The number of esters is 1. The fourth-order valence-electron chi connectivity index (χ4n) is 0.489. The predicted octanol–water partition coefficient (Wildman–Crippen LogP) is 1.35. The van der Waals surface area contributed by atoms with Crippen molar-refractivity contribution >= 4 is 5.97 Å². The summed E-state index contributed by atoms with van der Waals surface area (Å²) >= 11 is 0. The van der Waals surface area contributed by atoms with Crippen molar-refractivity contribution < 1.29 is 14.6 Å². The largest absolute Gasteiger partial charge is 0.465 e. The van der Waals surface area contributed by atoms with Gasteiger partial charge in [0.2, 0.25) is 0 Å². The predicted molar refractivity (Wildman–Crippen MR) is 46.7 cm³/mol. The zero-order valence-corrected chi connectivity index (χ0v) is 8.26. The summed E-state index contributed by atoms with van der Waals surface area (Å²) in [6.07, 6.45) is -0.0854. The SMILES string of the molecule is CCC(=O)OCC(C)(C)C(C)O. The Balaban J connectivity index is 3.83. The molecule has 0 saturated heterocycles. The number of carbonyl (C=O) groups is 1. The van der Waals surface area contributed by atoms with E-state index in [1.807, 2.05) is 13.8 Å². The maximum atomic E-state index is 10.8. The van der Waals surface area contributed by atoms with E-state index in [1.165, 1.54) is 0 Å². The third-order valence-electron chi connectivity index (χ3n) is 2.02. The molecule has 0 fully saturated rings. The van der Waals surface area contributed by atoms with Gasteiger partial charge in [0.25, 0.3) is 0 Å². The van der Waals surface area contributed by atoms with Gasteiger partial charge < -0.3 is 9.84 Å². The van der Waals surface area contributed by atoms with Crippen LogP contribution in [-0.4, -0.2) is 23.8 Å². The third kappa shape index (κ3) is 3.72. The standard InChI is InChI=1S/C9H18O3/c1-5-8(11)12-6-9(3,4)7(2)10/h7,10H,5-6H2,1-4H3. The molecule has 0 aromatic rings. The fraction of sp³-hybridized carbons (Fsp3) is 0.889. The van der Waals surface area contributed by atoms with Crippen molar-refractivity contribution in [2.75, 3.05) is 6.61 Å². The number of aliphatic hydroxyl groups is 1. The number of ether oxygens (including phenoxy) is 1. The zero-order valence-electron chi connectivity index (χ0n) is 8.26. The van der Waals surface area contributed by atoms with Crippen molar-refractivity contribution in [1.29, 1.82) is 0 Å². The summed E-state index contributed by atoms with van der Waals surface area (Å²) < 4.78 is 4.92. The van der Waals surface area contributed by atoms with Crippen LogP contribution >= 0.6 is 0 Å². The van der Waals surface area contributed by atoms with Crippen molar-refractivity contribution in [3.63, 3.8) is 0 Å². The monoisotopic (exact) mass is 174 g/mol. The Labute approximate surface area is 73.7 Å². The van der Waals surface area contributed by atoms with E-state index < -0.39 is 6.10 Å². The lowest BCUT2D eigenvalue weighted by molar-refractivity contribution is -0.148. The first-order valence-electron chi connectivity index (χ1n) is 4.24. The first-order valence-corrected chi connectivity index (χ1v) is 4.24. The second-order valence-electron chi connectivity index (χ2n) is 3.68. The molecule has 0 rings (SSSR count). The molecule has 0 saturated carbocycles. The van der Waals surface area contributed by atoms with Crippen LogP contribution in [0, 0.1) is 5.41 Å². The van der Waals surface area contributed by atoms with E-state index >= 15 is 0 Å². The van der Waals surface area contributed by atoms with E-state index in [1.54, 1.807) is 13.8 Å². The highest BCUT2D eigenvalue weighted by Gasteiger charge is 2.25. The van der Waals surface area contributed by atoms with Gasteiger partial charge in [0.15, 0.2) is 0 Å². The van der Waals surface area contributed by atoms with Gasteiger partial charge in [-0.3, -0.25) is 4.79 Å². The highest BCUT2D eigenvalue weighted by Crippen LogP contribution is 2.20. The zero-order chi connectivity index (χ0) is 9.78. The molecule has 0 bridgehead atoms. The second-order valence-corrected chi connectivity index (χ2v) is 3.68. The van der Waals surface area contributed by atoms with Crippen LogP contribution < -0.4 is 0 Å². The van der Waals surface area contributed by atoms with E-state index in [0.717, 1.165) is 0 Å². The summed E-state index contributed by atoms with van der Waals surface area (Å²) in [7, 11) is 0. The number of rotatable bonds is 4. The third-order valence-corrected chi connectivity index (χ3v) is 2.02. The molecule has 0 spiro atoms. The van der Waals surface area contributed by atoms with Crippen LogP contribution in [0.15, 0.2) is 0 Å². The number of carbonyl (C=O) groups excluding carboxylic acids is 1. The molecule has 1 unspecified atom stereocenters. The highest BCUT2D eigenvalue weighted by molar-refractivity contribution is 5.68. The average molecular weight is 174 g/mol. The lowest BCUT2D eigenvalue weighted by Crippen LogP contribution is -2.32. The van der Waals surface area contributed by atoms with Crippen molar-refractivity contribution in [2.45, 2.75) is 40.2 Å². The van der Waals surface area contributed by atoms with Crippen LogP contribution in [0.3, 0.4) is 0 Å².